The summed E-state index contributed by atoms with van der Waals surface area (Å²) >= 11 is 0. The Bertz CT molecular complexity index is 742. The minimum Gasteiger partial charge on any atom is -0.481 e. The Morgan fingerprint density at radius 3 is 2.48 bits per heavy atom. The second-order valence-corrected chi connectivity index (χ2v) is 7.45. The Hall–Kier alpha value is -2.20. The molecule has 4 heteroatoms. The summed E-state index contributed by atoms with van der Waals surface area (Å²) in [4.78, 5) is 19.1. The fourth-order valence-corrected chi connectivity index (χ4v) is 3.45. The fourth-order valence-electron chi connectivity index (χ4n) is 3.45. The number of benzene rings is 1. The van der Waals surface area contributed by atoms with E-state index in [0.29, 0.717) is 37.0 Å². The molecule has 1 heterocycles. The predicted octanol–water partition coefficient (Wildman–Crippen LogP) is 4.16. The quantitative estimate of drug-likeness (QED) is 0.631. The van der Waals surface area contributed by atoms with Crippen molar-refractivity contribution in [2.45, 2.75) is 52.0 Å². The SMILES string of the molecule is COc1nc(C)cc(C)c1CCC(=O)CC[C@@H](Cc1ccccc1)N(C)C. The van der Waals surface area contributed by atoms with Gasteiger partial charge in [-0.1, -0.05) is 30.3 Å². The molecular formula is C23H32N2O2. The van der Waals surface area contributed by atoms with Crippen molar-refractivity contribution < 1.29 is 9.53 Å². The lowest BCUT2D eigenvalue weighted by Crippen LogP contribution is -2.30. The molecular weight excluding hydrogens is 336 g/mol. The minimum absolute atomic E-state index is 0.303. The number of nitrogens with zero attached hydrogens (tertiary/aromatic N) is 2. The van der Waals surface area contributed by atoms with Crippen LogP contribution in [0.25, 0.3) is 0 Å². The summed E-state index contributed by atoms with van der Waals surface area (Å²) in [5.41, 5.74) is 4.44. The first kappa shape index (κ1) is 21.1. The van der Waals surface area contributed by atoms with Crippen LogP contribution in [0.15, 0.2) is 36.4 Å². The summed E-state index contributed by atoms with van der Waals surface area (Å²) in [6, 6.07) is 12.9. The third-order valence-corrected chi connectivity index (χ3v) is 5.09. The predicted molar refractivity (Wildman–Crippen MR) is 110 cm³/mol. The van der Waals surface area contributed by atoms with Crippen LogP contribution in [-0.2, 0) is 17.6 Å². The van der Waals surface area contributed by atoms with Crippen molar-refractivity contribution in [3.8, 4) is 5.88 Å². The van der Waals surface area contributed by atoms with Crippen molar-refractivity contribution >= 4 is 5.78 Å². The van der Waals surface area contributed by atoms with E-state index >= 15 is 0 Å². The molecule has 0 spiro atoms. The molecule has 0 fully saturated rings. The zero-order valence-corrected chi connectivity index (χ0v) is 17.3. The summed E-state index contributed by atoms with van der Waals surface area (Å²) in [5, 5.41) is 0. The van der Waals surface area contributed by atoms with Crippen LogP contribution in [0.1, 0.15) is 41.6 Å². The van der Waals surface area contributed by atoms with Gasteiger partial charge in [-0.2, -0.15) is 0 Å². The van der Waals surface area contributed by atoms with Gasteiger partial charge in [0.25, 0.3) is 0 Å². The molecule has 0 amide bonds. The second-order valence-electron chi connectivity index (χ2n) is 7.45. The van der Waals surface area contributed by atoms with E-state index in [9.17, 15) is 4.79 Å². The van der Waals surface area contributed by atoms with Gasteiger partial charge in [0.05, 0.1) is 7.11 Å². The molecule has 1 aromatic heterocycles. The average molecular weight is 369 g/mol. The normalized spacial score (nSPS) is 12.2. The molecule has 2 aromatic rings. The summed E-state index contributed by atoms with van der Waals surface area (Å²) in [5.74, 6) is 0.951. The molecule has 146 valence electrons. The monoisotopic (exact) mass is 368 g/mol. The first-order valence-electron chi connectivity index (χ1n) is 9.64. The molecule has 27 heavy (non-hydrogen) atoms. The number of methoxy groups -OCH3 is 1. The number of rotatable bonds is 10. The van der Waals surface area contributed by atoms with E-state index in [4.69, 9.17) is 4.74 Å². The highest BCUT2D eigenvalue weighted by Gasteiger charge is 2.16. The van der Waals surface area contributed by atoms with E-state index in [2.05, 4.69) is 55.2 Å². The van der Waals surface area contributed by atoms with Crippen molar-refractivity contribution in [1.29, 1.82) is 0 Å². The van der Waals surface area contributed by atoms with Gasteiger partial charge in [-0.05, 0) is 64.4 Å². The van der Waals surface area contributed by atoms with Crippen LogP contribution >= 0.6 is 0 Å². The van der Waals surface area contributed by atoms with Crippen LogP contribution in [0.2, 0.25) is 0 Å². The Kier molecular flexibility index (Phi) is 7.99. The molecule has 0 aliphatic heterocycles. The number of hydrogen-bond acceptors (Lipinski definition) is 4. The van der Waals surface area contributed by atoms with Crippen LogP contribution < -0.4 is 4.74 Å². The van der Waals surface area contributed by atoms with Gasteiger partial charge < -0.3 is 9.64 Å². The number of ether oxygens (including phenoxy) is 1. The van der Waals surface area contributed by atoms with Crippen LogP contribution in [0, 0.1) is 13.8 Å². The zero-order valence-electron chi connectivity index (χ0n) is 17.3. The molecule has 0 unspecified atom stereocenters. The molecule has 2 rings (SSSR count). The summed E-state index contributed by atoms with van der Waals surface area (Å²) in [7, 11) is 5.81. The van der Waals surface area contributed by atoms with E-state index in [1.807, 2.05) is 19.1 Å². The maximum atomic E-state index is 12.5. The van der Waals surface area contributed by atoms with E-state index in [1.54, 1.807) is 7.11 Å². The van der Waals surface area contributed by atoms with E-state index < -0.39 is 0 Å². The second kappa shape index (κ2) is 10.2. The Balaban J connectivity index is 1.89. The average Bonchev–Trinajstić information content (AvgIpc) is 2.64. The summed E-state index contributed by atoms with van der Waals surface area (Å²) < 4.78 is 5.41. The van der Waals surface area contributed by atoms with Gasteiger partial charge >= 0.3 is 0 Å². The largest absolute Gasteiger partial charge is 0.481 e. The number of carbonyl (C=O) groups excluding carboxylic acids is 1. The van der Waals surface area contributed by atoms with E-state index in [1.165, 1.54) is 5.56 Å². The zero-order chi connectivity index (χ0) is 19.8. The lowest BCUT2D eigenvalue weighted by atomic mass is 9.97. The number of likely N-dealkylation sites (N-methyl/N-ethyl adjacent to an activating group) is 1. The number of carbonyl (C=O) groups is 1. The van der Waals surface area contributed by atoms with Gasteiger partial charge in [0.15, 0.2) is 0 Å². The van der Waals surface area contributed by atoms with Crippen molar-refractivity contribution in [1.82, 2.24) is 9.88 Å². The number of pyridine rings is 1. The van der Waals surface area contributed by atoms with Gasteiger partial charge in [-0.25, -0.2) is 4.98 Å². The number of aryl methyl sites for hydroxylation is 2. The van der Waals surface area contributed by atoms with Crippen molar-refractivity contribution in [2.75, 3.05) is 21.2 Å². The Labute approximate surface area is 163 Å². The molecule has 0 N–H and O–H groups in total. The maximum absolute atomic E-state index is 12.5. The number of Topliss-reactive ketones (excluding diaryl/α,β-unsaturated/α-hetero) is 1. The van der Waals surface area contributed by atoms with Crippen molar-refractivity contribution in [3.63, 3.8) is 0 Å². The topological polar surface area (TPSA) is 42.4 Å². The van der Waals surface area contributed by atoms with Crippen molar-refractivity contribution in [2.24, 2.45) is 0 Å². The molecule has 0 aliphatic rings. The van der Waals surface area contributed by atoms with Gasteiger partial charge in [-0.15, -0.1) is 0 Å². The fraction of sp³-hybridized carbons (Fsp3) is 0.478. The van der Waals surface area contributed by atoms with Crippen LogP contribution in [-0.4, -0.2) is 42.9 Å². The number of hydrogen-bond donors (Lipinski definition) is 0. The highest BCUT2D eigenvalue weighted by atomic mass is 16.5. The molecule has 0 saturated heterocycles. The number of ketones is 1. The minimum atomic E-state index is 0.303. The van der Waals surface area contributed by atoms with Gasteiger partial charge in [-0.3, -0.25) is 4.79 Å². The van der Waals surface area contributed by atoms with Gasteiger partial charge in [0.1, 0.15) is 5.78 Å². The Morgan fingerprint density at radius 1 is 1.15 bits per heavy atom. The highest BCUT2D eigenvalue weighted by Crippen LogP contribution is 2.23. The van der Waals surface area contributed by atoms with Crippen molar-refractivity contribution in [3.05, 3.63) is 58.8 Å². The third kappa shape index (κ3) is 6.47. The molecule has 0 aliphatic carbocycles. The van der Waals surface area contributed by atoms with Crippen LogP contribution in [0.5, 0.6) is 5.88 Å². The molecule has 1 atom stereocenters. The molecule has 1 aromatic carbocycles. The lowest BCUT2D eigenvalue weighted by molar-refractivity contribution is -0.119. The molecule has 0 radical (unpaired) electrons. The number of aromatic nitrogens is 1. The van der Waals surface area contributed by atoms with Gasteiger partial charge in [0, 0.05) is 30.1 Å². The van der Waals surface area contributed by atoms with Crippen LogP contribution in [0.3, 0.4) is 0 Å². The molecule has 0 bridgehead atoms. The third-order valence-electron chi connectivity index (χ3n) is 5.09. The smallest absolute Gasteiger partial charge is 0.216 e. The standard InChI is InChI=1S/C23H32N2O2/c1-17-15-18(2)24-23(27-5)22(17)14-13-21(26)12-11-20(25(3)4)16-19-9-7-6-8-10-19/h6-10,15,20H,11-14,16H2,1-5H3/t20-/m0/s1. The van der Waals surface area contributed by atoms with E-state index in [-0.39, 0.29) is 0 Å². The van der Waals surface area contributed by atoms with E-state index in [0.717, 1.165) is 29.7 Å². The summed E-state index contributed by atoms with van der Waals surface area (Å²) in [6.45, 7) is 4.01. The first-order chi connectivity index (χ1) is 12.9. The Morgan fingerprint density at radius 2 is 1.85 bits per heavy atom. The first-order valence-corrected chi connectivity index (χ1v) is 9.64. The van der Waals surface area contributed by atoms with Crippen LogP contribution in [0.4, 0.5) is 0 Å². The maximum Gasteiger partial charge on any atom is 0.216 e. The highest BCUT2D eigenvalue weighted by molar-refractivity contribution is 5.78. The lowest BCUT2D eigenvalue weighted by Gasteiger charge is -2.24. The van der Waals surface area contributed by atoms with Gasteiger partial charge in [0.2, 0.25) is 5.88 Å². The molecule has 0 saturated carbocycles. The summed E-state index contributed by atoms with van der Waals surface area (Å²) in [6.07, 6.45) is 3.68. The molecule has 4 nitrogen and oxygen atoms in total.